The third-order valence-electron chi connectivity index (χ3n) is 4.23. The highest BCUT2D eigenvalue weighted by Gasteiger charge is 2.85. The average molecular weight is 353 g/mol. The van der Waals surface area contributed by atoms with Crippen LogP contribution in [0.5, 0.6) is 0 Å². The average Bonchev–Trinajstić information content (AvgIpc) is 2.43. The summed E-state index contributed by atoms with van der Waals surface area (Å²) in [6.07, 6.45) is 3.65. The van der Waals surface area contributed by atoms with E-state index in [1.165, 1.54) is 0 Å². The zero-order chi connectivity index (χ0) is 17.9. The standard InChI is InChI=1S/C15H21F8/c1-2-3-4-5-6-7-8-9-11-10-12(16,17)14(20,21)15(22,23)13(11,18)19/h10-11H,2-9H2,1H3. The molecule has 1 saturated carbocycles. The van der Waals surface area contributed by atoms with Crippen LogP contribution in [0.15, 0.2) is 0 Å². The minimum Gasteiger partial charge on any atom is -0.199 e. The topological polar surface area (TPSA) is 0 Å². The minimum absolute atomic E-state index is 0.0145. The Bertz CT molecular complexity index is 378. The third-order valence-corrected chi connectivity index (χ3v) is 4.23. The molecule has 0 aromatic carbocycles. The predicted molar refractivity (Wildman–Crippen MR) is 70.2 cm³/mol. The molecule has 0 amide bonds. The molecule has 1 unspecified atom stereocenters. The van der Waals surface area contributed by atoms with Gasteiger partial charge in [0.05, 0.1) is 0 Å². The summed E-state index contributed by atoms with van der Waals surface area (Å²) in [4.78, 5) is 0. The van der Waals surface area contributed by atoms with Gasteiger partial charge in [-0.25, -0.2) is 0 Å². The highest BCUT2D eigenvalue weighted by Crippen LogP contribution is 2.62. The largest absolute Gasteiger partial charge is 0.378 e. The van der Waals surface area contributed by atoms with Crippen molar-refractivity contribution in [3.8, 4) is 0 Å². The van der Waals surface area contributed by atoms with Crippen molar-refractivity contribution in [1.29, 1.82) is 0 Å². The Balaban J connectivity index is 2.62. The van der Waals surface area contributed by atoms with Crippen LogP contribution in [-0.2, 0) is 0 Å². The maximum atomic E-state index is 13.6. The van der Waals surface area contributed by atoms with Crippen LogP contribution in [0.2, 0.25) is 0 Å². The molecule has 0 nitrogen and oxygen atoms in total. The number of alkyl halides is 8. The number of hydrogen-bond donors (Lipinski definition) is 0. The molecule has 0 bridgehead atoms. The molecular weight excluding hydrogens is 332 g/mol. The number of rotatable bonds is 8. The van der Waals surface area contributed by atoms with Gasteiger partial charge in [0.15, 0.2) is 0 Å². The van der Waals surface area contributed by atoms with Crippen LogP contribution in [0.1, 0.15) is 58.3 Å². The fourth-order valence-electron chi connectivity index (χ4n) is 2.70. The van der Waals surface area contributed by atoms with Crippen LogP contribution in [0.4, 0.5) is 35.1 Å². The van der Waals surface area contributed by atoms with E-state index in [0.717, 1.165) is 25.7 Å². The van der Waals surface area contributed by atoms with Crippen LogP contribution in [0.25, 0.3) is 0 Å². The summed E-state index contributed by atoms with van der Waals surface area (Å²) in [6, 6.07) is 0. The van der Waals surface area contributed by atoms with E-state index in [-0.39, 0.29) is 6.42 Å². The minimum atomic E-state index is -6.10. The van der Waals surface area contributed by atoms with E-state index in [9.17, 15) is 35.1 Å². The lowest BCUT2D eigenvalue weighted by Crippen LogP contribution is -2.69. The Labute approximate surface area is 130 Å². The molecule has 0 saturated heterocycles. The van der Waals surface area contributed by atoms with Crippen molar-refractivity contribution in [3.63, 3.8) is 0 Å². The van der Waals surface area contributed by atoms with E-state index in [2.05, 4.69) is 0 Å². The van der Waals surface area contributed by atoms with E-state index in [1.807, 2.05) is 6.92 Å². The van der Waals surface area contributed by atoms with Gasteiger partial charge in [-0.1, -0.05) is 51.9 Å². The normalized spacial score (nSPS) is 27.8. The summed E-state index contributed by atoms with van der Waals surface area (Å²) < 4.78 is 106. The van der Waals surface area contributed by atoms with Crippen molar-refractivity contribution in [1.82, 2.24) is 0 Å². The fraction of sp³-hybridized carbons (Fsp3) is 0.933. The van der Waals surface area contributed by atoms with Gasteiger partial charge in [-0.2, -0.15) is 35.1 Å². The molecule has 137 valence electrons. The first-order valence-corrected chi connectivity index (χ1v) is 7.79. The first-order valence-electron chi connectivity index (χ1n) is 7.79. The van der Waals surface area contributed by atoms with Crippen LogP contribution >= 0.6 is 0 Å². The van der Waals surface area contributed by atoms with E-state index in [0.29, 0.717) is 12.8 Å². The fourth-order valence-corrected chi connectivity index (χ4v) is 2.70. The lowest BCUT2D eigenvalue weighted by Gasteiger charge is -2.45. The Morgan fingerprint density at radius 2 is 1.17 bits per heavy atom. The van der Waals surface area contributed by atoms with Crippen molar-refractivity contribution in [2.24, 2.45) is 5.92 Å². The SMILES string of the molecule is CCCCCCCCCC1[CH]C(F)(F)C(F)(F)C(F)(F)C1(F)F. The van der Waals surface area contributed by atoms with Gasteiger partial charge in [-0.3, -0.25) is 0 Å². The van der Waals surface area contributed by atoms with Crippen LogP contribution < -0.4 is 0 Å². The molecule has 0 spiro atoms. The molecule has 1 atom stereocenters. The van der Waals surface area contributed by atoms with Gasteiger partial charge < -0.3 is 0 Å². The van der Waals surface area contributed by atoms with Gasteiger partial charge >= 0.3 is 23.7 Å². The quantitative estimate of drug-likeness (QED) is 0.345. The molecule has 1 aliphatic rings. The van der Waals surface area contributed by atoms with Gasteiger partial charge in [0.1, 0.15) is 0 Å². The molecule has 0 aromatic rings. The maximum absolute atomic E-state index is 13.6. The molecule has 1 rings (SSSR count). The van der Waals surface area contributed by atoms with E-state index >= 15 is 0 Å². The Hall–Kier alpha value is -0.560. The Morgan fingerprint density at radius 1 is 0.696 bits per heavy atom. The second-order valence-corrected chi connectivity index (χ2v) is 6.08. The highest BCUT2D eigenvalue weighted by atomic mass is 19.4. The lowest BCUT2D eigenvalue weighted by molar-refractivity contribution is -0.390. The van der Waals surface area contributed by atoms with Gasteiger partial charge in [0, 0.05) is 12.3 Å². The molecule has 0 heterocycles. The number of hydrogen-bond acceptors (Lipinski definition) is 0. The molecule has 1 fully saturated rings. The van der Waals surface area contributed by atoms with Crippen molar-refractivity contribution < 1.29 is 35.1 Å². The summed E-state index contributed by atoms with van der Waals surface area (Å²) in [6.45, 7) is 2.01. The zero-order valence-electron chi connectivity index (χ0n) is 12.8. The third kappa shape index (κ3) is 3.76. The van der Waals surface area contributed by atoms with Crippen molar-refractivity contribution in [2.45, 2.75) is 82.0 Å². The monoisotopic (exact) mass is 353 g/mol. The Kier molecular flexibility index (Phi) is 6.35. The lowest BCUT2D eigenvalue weighted by atomic mass is 9.75. The van der Waals surface area contributed by atoms with Gasteiger partial charge in [0.25, 0.3) is 0 Å². The molecular formula is C15H21F8. The molecule has 23 heavy (non-hydrogen) atoms. The number of halogens is 8. The first kappa shape index (κ1) is 20.5. The molecule has 1 radical (unpaired) electrons. The second kappa shape index (κ2) is 7.13. The van der Waals surface area contributed by atoms with Crippen molar-refractivity contribution in [3.05, 3.63) is 6.42 Å². The highest BCUT2D eigenvalue weighted by molar-refractivity contribution is 5.19. The van der Waals surface area contributed by atoms with Crippen LogP contribution in [0.3, 0.4) is 0 Å². The van der Waals surface area contributed by atoms with E-state index in [4.69, 9.17) is 0 Å². The van der Waals surface area contributed by atoms with Crippen LogP contribution in [-0.4, -0.2) is 23.7 Å². The zero-order valence-corrected chi connectivity index (χ0v) is 12.8. The van der Waals surface area contributed by atoms with Crippen molar-refractivity contribution >= 4 is 0 Å². The summed E-state index contributed by atoms with van der Waals surface area (Å²) >= 11 is 0. The molecule has 0 aromatic heterocycles. The summed E-state index contributed by atoms with van der Waals surface area (Å²) in [7, 11) is 0. The Morgan fingerprint density at radius 3 is 1.70 bits per heavy atom. The molecule has 1 aliphatic carbocycles. The molecule has 8 heteroatoms. The maximum Gasteiger partial charge on any atom is 0.378 e. The summed E-state index contributed by atoms with van der Waals surface area (Å²) in [5.41, 5.74) is 0. The summed E-state index contributed by atoms with van der Waals surface area (Å²) in [5.74, 6) is -25.2. The smallest absolute Gasteiger partial charge is 0.199 e. The van der Waals surface area contributed by atoms with E-state index < -0.39 is 42.4 Å². The van der Waals surface area contributed by atoms with Crippen LogP contribution in [0, 0.1) is 12.3 Å². The predicted octanol–water partition coefficient (Wildman–Crippen LogP) is 6.50. The van der Waals surface area contributed by atoms with Gasteiger partial charge in [0.2, 0.25) is 0 Å². The van der Waals surface area contributed by atoms with Gasteiger partial charge in [-0.05, 0) is 6.42 Å². The van der Waals surface area contributed by atoms with Crippen molar-refractivity contribution in [2.75, 3.05) is 0 Å². The number of unbranched alkanes of at least 4 members (excludes halogenated alkanes) is 6. The molecule has 0 aliphatic heterocycles. The van der Waals surface area contributed by atoms with Gasteiger partial charge in [-0.15, -0.1) is 0 Å². The second-order valence-electron chi connectivity index (χ2n) is 6.08. The summed E-state index contributed by atoms with van der Waals surface area (Å²) in [5, 5.41) is 0. The molecule has 0 N–H and O–H groups in total. The first-order chi connectivity index (χ1) is 10.4. The van der Waals surface area contributed by atoms with E-state index in [1.54, 1.807) is 0 Å².